The minimum absolute atomic E-state index is 0. The Bertz CT molecular complexity index is 468. The van der Waals surface area contributed by atoms with Gasteiger partial charge in [0.1, 0.15) is 12.4 Å². The number of amides is 1. The second-order valence-corrected chi connectivity index (χ2v) is 5.46. The molecule has 1 atom stereocenters. The number of halogens is 2. The highest BCUT2D eigenvalue weighted by Gasteiger charge is 2.19. The molecule has 1 fully saturated rings. The van der Waals surface area contributed by atoms with Crippen LogP contribution in [0.3, 0.4) is 0 Å². The second kappa shape index (κ2) is 9.90. The standard InChI is InChI=1S/C15H21ClN2O3.ClH/c1-18(15(19)10-14-11-17-5-7-20-14)6-8-21-13-4-2-3-12(16)9-13;/h2-4,9,14,17H,5-8,10-11H2,1H3;1H. The van der Waals surface area contributed by atoms with E-state index in [0.717, 1.165) is 13.1 Å². The Morgan fingerprint density at radius 2 is 2.36 bits per heavy atom. The molecule has 0 bridgehead atoms. The van der Waals surface area contributed by atoms with Gasteiger partial charge in [0, 0.05) is 25.2 Å². The third-order valence-corrected chi connectivity index (χ3v) is 3.56. The SMILES string of the molecule is CN(CCOc1cccc(Cl)c1)C(=O)CC1CNCCO1.Cl. The average molecular weight is 349 g/mol. The summed E-state index contributed by atoms with van der Waals surface area (Å²) in [6.07, 6.45) is 0.378. The number of hydrogen-bond donors (Lipinski definition) is 1. The summed E-state index contributed by atoms with van der Waals surface area (Å²) >= 11 is 5.88. The molecule has 1 aromatic rings. The van der Waals surface area contributed by atoms with Crippen molar-refractivity contribution in [3.8, 4) is 5.75 Å². The van der Waals surface area contributed by atoms with Gasteiger partial charge in [0.05, 0.1) is 25.7 Å². The molecular weight excluding hydrogens is 327 g/mol. The van der Waals surface area contributed by atoms with Crippen molar-refractivity contribution in [2.75, 3.05) is 39.9 Å². The molecule has 0 radical (unpaired) electrons. The van der Waals surface area contributed by atoms with E-state index in [0.29, 0.717) is 37.0 Å². The molecule has 2 rings (SSSR count). The Morgan fingerprint density at radius 3 is 3.05 bits per heavy atom. The molecule has 1 aliphatic heterocycles. The van der Waals surface area contributed by atoms with E-state index < -0.39 is 0 Å². The van der Waals surface area contributed by atoms with E-state index in [9.17, 15) is 4.79 Å². The van der Waals surface area contributed by atoms with Crippen LogP contribution in [0.5, 0.6) is 5.75 Å². The summed E-state index contributed by atoms with van der Waals surface area (Å²) in [6.45, 7) is 3.23. The van der Waals surface area contributed by atoms with Gasteiger partial charge in [-0.05, 0) is 18.2 Å². The molecule has 1 heterocycles. The van der Waals surface area contributed by atoms with Gasteiger partial charge in [-0.1, -0.05) is 17.7 Å². The van der Waals surface area contributed by atoms with Gasteiger partial charge in [0.25, 0.3) is 0 Å². The first-order chi connectivity index (χ1) is 10.1. The van der Waals surface area contributed by atoms with Crippen molar-refractivity contribution in [3.63, 3.8) is 0 Å². The maximum Gasteiger partial charge on any atom is 0.225 e. The molecule has 0 spiro atoms. The van der Waals surface area contributed by atoms with Crippen LogP contribution in [0.1, 0.15) is 6.42 Å². The fraction of sp³-hybridized carbons (Fsp3) is 0.533. The molecular formula is C15H22Cl2N2O3. The highest BCUT2D eigenvalue weighted by atomic mass is 35.5. The van der Waals surface area contributed by atoms with Crippen molar-refractivity contribution in [2.45, 2.75) is 12.5 Å². The van der Waals surface area contributed by atoms with Crippen LogP contribution in [0, 0.1) is 0 Å². The van der Waals surface area contributed by atoms with E-state index in [1.807, 2.05) is 12.1 Å². The molecule has 0 aromatic heterocycles. The zero-order chi connectivity index (χ0) is 15.1. The smallest absolute Gasteiger partial charge is 0.225 e. The Morgan fingerprint density at radius 1 is 1.55 bits per heavy atom. The first kappa shape index (κ1) is 19.0. The molecule has 1 N–H and O–H groups in total. The van der Waals surface area contributed by atoms with Crippen molar-refractivity contribution in [1.29, 1.82) is 0 Å². The lowest BCUT2D eigenvalue weighted by atomic mass is 10.2. The topological polar surface area (TPSA) is 50.8 Å². The number of nitrogens with one attached hydrogen (secondary N) is 1. The summed E-state index contributed by atoms with van der Waals surface area (Å²) in [5, 5.41) is 3.85. The van der Waals surface area contributed by atoms with Crippen molar-refractivity contribution in [1.82, 2.24) is 10.2 Å². The normalized spacial score (nSPS) is 17.5. The van der Waals surface area contributed by atoms with Crippen molar-refractivity contribution >= 4 is 29.9 Å². The maximum atomic E-state index is 12.0. The summed E-state index contributed by atoms with van der Waals surface area (Å²) in [4.78, 5) is 13.7. The number of likely N-dealkylation sites (N-methyl/N-ethyl adjacent to an activating group) is 1. The van der Waals surface area contributed by atoms with Gasteiger partial charge in [-0.15, -0.1) is 12.4 Å². The van der Waals surface area contributed by atoms with Crippen LogP contribution in [-0.2, 0) is 9.53 Å². The van der Waals surface area contributed by atoms with E-state index in [4.69, 9.17) is 21.1 Å². The van der Waals surface area contributed by atoms with Gasteiger partial charge in [0.2, 0.25) is 5.91 Å². The number of hydrogen-bond acceptors (Lipinski definition) is 4. The molecule has 1 aromatic carbocycles. The lowest BCUT2D eigenvalue weighted by molar-refractivity contribution is -0.133. The van der Waals surface area contributed by atoms with Crippen LogP contribution in [0.2, 0.25) is 5.02 Å². The van der Waals surface area contributed by atoms with Crippen LogP contribution in [0.4, 0.5) is 0 Å². The summed E-state index contributed by atoms with van der Waals surface area (Å²) in [7, 11) is 1.78. The van der Waals surface area contributed by atoms with E-state index >= 15 is 0 Å². The van der Waals surface area contributed by atoms with Gasteiger partial charge < -0.3 is 19.7 Å². The molecule has 1 saturated heterocycles. The minimum atomic E-state index is -0.0254. The first-order valence-corrected chi connectivity index (χ1v) is 7.47. The average Bonchev–Trinajstić information content (AvgIpc) is 2.48. The monoisotopic (exact) mass is 348 g/mol. The molecule has 1 aliphatic rings. The van der Waals surface area contributed by atoms with Gasteiger partial charge in [-0.2, -0.15) is 0 Å². The molecule has 0 saturated carbocycles. The molecule has 7 heteroatoms. The predicted molar refractivity (Wildman–Crippen MR) is 89.1 cm³/mol. The summed E-state index contributed by atoms with van der Waals surface area (Å²) < 4.78 is 11.1. The van der Waals surface area contributed by atoms with Crippen LogP contribution in [-0.4, -0.2) is 56.8 Å². The van der Waals surface area contributed by atoms with E-state index in [2.05, 4.69) is 5.32 Å². The van der Waals surface area contributed by atoms with Crippen LogP contribution in [0.15, 0.2) is 24.3 Å². The fourth-order valence-electron chi connectivity index (χ4n) is 2.08. The number of benzene rings is 1. The lowest BCUT2D eigenvalue weighted by Crippen LogP contribution is -2.42. The summed E-state index contributed by atoms with van der Waals surface area (Å²) in [5.74, 6) is 0.779. The second-order valence-electron chi connectivity index (χ2n) is 5.02. The molecule has 22 heavy (non-hydrogen) atoms. The first-order valence-electron chi connectivity index (χ1n) is 7.10. The molecule has 1 amide bonds. The van der Waals surface area contributed by atoms with Gasteiger partial charge in [0.15, 0.2) is 0 Å². The quantitative estimate of drug-likeness (QED) is 0.853. The van der Waals surface area contributed by atoms with Crippen molar-refractivity contribution in [2.24, 2.45) is 0 Å². The minimum Gasteiger partial charge on any atom is -0.492 e. The zero-order valence-electron chi connectivity index (χ0n) is 12.6. The number of carbonyl (C=O) groups is 1. The van der Waals surface area contributed by atoms with Gasteiger partial charge in [-0.3, -0.25) is 4.79 Å². The van der Waals surface area contributed by atoms with E-state index in [1.165, 1.54) is 0 Å². The Hall–Kier alpha value is -1.01. The van der Waals surface area contributed by atoms with Crippen LogP contribution < -0.4 is 10.1 Å². The number of carbonyl (C=O) groups excluding carboxylic acids is 1. The van der Waals surface area contributed by atoms with Gasteiger partial charge >= 0.3 is 0 Å². The third kappa shape index (κ3) is 6.40. The van der Waals surface area contributed by atoms with Crippen molar-refractivity contribution < 1.29 is 14.3 Å². The molecule has 124 valence electrons. The Balaban J connectivity index is 0.00000242. The van der Waals surface area contributed by atoms with Gasteiger partial charge in [-0.25, -0.2) is 0 Å². The largest absolute Gasteiger partial charge is 0.492 e. The lowest BCUT2D eigenvalue weighted by Gasteiger charge is -2.25. The van der Waals surface area contributed by atoms with Crippen LogP contribution >= 0.6 is 24.0 Å². The summed E-state index contributed by atoms with van der Waals surface area (Å²) in [5.41, 5.74) is 0. The summed E-state index contributed by atoms with van der Waals surface area (Å²) in [6, 6.07) is 7.22. The molecule has 1 unspecified atom stereocenters. The number of morpholine rings is 1. The third-order valence-electron chi connectivity index (χ3n) is 3.32. The fourth-order valence-corrected chi connectivity index (χ4v) is 2.26. The Labute approximate surface area is 142 Å². The maximum absolute atomic E-state index is 12.0. The van der Waals surface area contributed by atoms with E-state index in [1.54, 1.807) is 24.1 Å². The predicted octanol–water partition coefficient (Wildman–Crippen LogP) is 1.98. The molecule has 0 aliphatic carbocycles. The zero-order valence-corrected chi connectivity index (χ0v) is 14.2. The number of rotatable bonds is 6. The van der Waals surface area contributed by atoms with Crippen molar-refractivity contribution in [3.05, 3.63) is 29.3 Å². The molecule has 5 nitrogen and oxygen atoms in total. The number of nitrogens with zero attached hydrogens (tertiary/aromatic N) is 1. The highest BCUT2D eigenvalue weighted by Crippen LogP contribution is 2.16. The highest BCUT2D eigenvalue weighted by molar-refractivity contribution is 6.30. The van der Waals surface area contributed by atoms with Crippen LogP contribution in [0.25, 0.3) is 0 Å². The number of ether oxygens (including phenoxy) is 2. The van der Waals surface area contributed by atoms with E-state index in [-0.39, 0.29) is 24.4 Å². The Kier molecular flexibility index (Phi) is 8.56.